The van der Waals surface area contributed by atoms with Crippen molar-refractivity contribution in [2.45, 2.75) is 4.90 Å². The number of carbonyl (C=O) groups excluding carboxylic acids is 2. The maximum absolute atomic E-state index is 12.2. The molecule has 0 aromatic heterocycles. The van der Waals surface area contributed by atoms with Crippen LogP contribution in [0.2, 0.25) is 0 Å². The lowest BCUT2D eigenvalue weighted by molar-refractivity contribution is 0.0967. The molecule has 2 rings (SSSR count). The first-order chi connectivity index (χ1) is 10.3. The molecule has 0 fully saturated rings. The van der Waals surface area contributed by atoms with Gasteiger partial charge in [0.15, 0.2) is 0 Å². The van der Waals surface area contributed by atoms with Gasteiger partial charge in [-0.2, -0.15) is 0 Å². The van der Waals surface area contributed by atoms with Gasteiger partial charge in [0.1, 0.15) is 0 Å². The molecule has 0 radical (unpaired) electrons. The second kappa shape index (κ2) is 5.86. The number of nitrogens with two attached hydrogens (primary N) is 2. The van der Waals surface area contributed by atoms with Crippen molar-refractivity contribution in [1.82, 2.24) is 0 Å². The van der Waals surface area contributed by atoms with E-state index in [-0.39, 0.29) is 21.7 Å². The molecule has 0 spiro atoms. The van der Waals surface area contributed by atoms with Crippen molar-refractivity contribution in [2.75, 3.05) is 4.72 Å². The third-order valence-corrected chi connectivity index (χ3v) is 4.25. The van der Waals surface area contributed by atoms with E-state index in [2.05, 4.69) is 4.72 Å². The van der Waals surface area contributed by atoms with Crippen LogP contribution in [0.5, 0.6) is 0 Å². The van der Waals surface area contributed by atoms with Crippen LogP contribution in [0.25, 0.3) is 0 Å². The molecular formula is C14H13N3O4S. The highest BCUT2D eigenvalue weighted by atomic mass is 32.2. The number of primary amides is 2. The maximum Gasteiger partial charge on any atom is 0.261 e. The highest BCUT2D eigenvalue weighted by molar-refractivity contribution is 7.92. The summed E-state index contributed by atoms with van der Waals surface area (Å²) in [5.74, 6) is -1.71. The number of rotatable bonds is 5. The minimum atomic E-state index is -3.81. The predicted octanol–water partition coefficient (Wildman–Crippen LogP) is 0.685. The molecule has 0 aliphatic heterocycles. The zero-order valence-electron chi connectivity index (χ0n) is 11.3. The Kier molecular flexibility index (Phi) is 4.13. The Bertz CT molecular complexity index is 832. The molecule has 22 heavy (non-hydrogen) atoms. The number of hydrogen-bond donors (Lipinski definition) is 3. The monoisotopic (exact) mass is 319 g/mol. The summed E-state index contributed by atoms with van der Waals surface area (Å²) in [4.78, 5) is 22.6. The van der Waals surface area contributed by atoms with Crippen LogP contribution in [-0.2, 0) is 10.0 Å². The Balaban J connectivity index is 2.41. The molecule has 2 aromatic carbocycles. The van der Waals surface area contributed by atoms with Gasteiger partial charge in [-0.25, -0.2) is 8.42 Å². The van der Waals surface area contributed by atoms with E-state index in [1.54, 1.807) is 18.2 Å². The zero-order valence-corrected chi connectivity index (χ0v) is 12.1. The van der Waals surface area contributed by atoms with Crippen molar-refractivity contribution in [2.24, 2.45) is 11.5 Å². The molecule has 0 unspecified atom stereocenters. The van der Waals surface area contributed by atoms with Gasteiger partial charge in [-0.1, -0.05) is 18.2 Å². The van der Waals surface area contributed by atoms with Crippen LogP contribution >= 0.6 is 0 Å². The van der Waals surface area contributed by atoms with Crippen molar-refractivity contribution >= 4 is 27.5 Å². The van der Waals surface area contributed by atoms with E-state index in [4.69, 9.17) is 11.5 Å². The van der Waals surface area contributed by atoms with Crippen molar-refractivity contribution in [1.29, 1.82) is 0 Å². The van der Waals surface area contributed by atoms with Gasteiger partial charge in [0.2, 0.25) is 11.8 Å². The smallest absolute Gasteiger partial charge is 0.261 e. The number of hydrogen-bond acceptors (Lipinski definition) is 4. The van der Waals surface area contributed by atoms with E-state index >= 15 is 0 Å². The average molecular weight is 319 g/mol. The van der Waals surface area contributed by atoms with Crippen LogP contribution in [-0.4, -0.2) is 20.2 Å². The molecular weight excluding hydrogens is 306 g/mol. The highest BCUT2D eigenvalue weighted by Gasteiger charge is 2.17. The number of carbonyl (C=O) groups is 2. The third kappa shape index (κ3) is 3.23. The molecule has 2 amide bonds. The summed E-state index contributed by atoms with van der Waals surface area (Å²) >= 11 is 0. The molecule has 0 heterocycles. The zero-order chi connectivity index (χ0) is 16.3. The van der Waals surface area contributed by atoms with Gasteiger partial charge >= 0.3 is 0 Å². The normalized spacial score (nSPS) is 10.9. The van der Waals surface area contributed by atoms with E-state index < -0.39 is 21.8 Å². The van der Waals surface area contributed by atoms with Crippen LogP contribution in [0.3, 0.4) is 0 Å². The minimum Gasteiger partial charge on any atom is -0.366 e. The predicted molar refractivity (Wildman–Crippen MR) is 80.7 cm³/mol. The van der Waals surface area contributed by atoms with E-state index in [0.717, 1.165) is 0 Å². The van der Waals surface area contributed by atoms with Crippen molar-refractivity contribution in [3.05, 3.63) is 59.7 Å². The second-order valence-electron chi connectivity index (χ2n) is 4.41. The summed E-state index contributed by atoms with van der Waals surface area (Å²) < 4.78 is 26.7. The summed E-state index contributed by atoms with van der Waals surface area (Å²) in [7, 11) is -3.81. The molecule has 5 N–H and O–H groups in total. The first kappa shape index (κ1) is 15.5. The maximum atomic E-state index is 12.2. The molecule has 0 aliphatic rings. The summed E-state index contributed by atoms with van der Waals surface area (Å²) in [5.41, 5.74) is 10.2. The highest BCUT2D eigenvalue weighted by Crippen LogP contribution is 2.19. The van der Waals surface area contributed by atoms with Gasteiger partial charge in [0, 0.05) is 5.69 Å². The van der Waals surface area contributed by atoms with Gasteiger partial charge in [0.25, 0.3) is 10.0 Å². The topological polar surface area (TPSA) is 132 Å². The average Bonchev–Trinajstić information content (AvgIpc) is 2.47. The van der Waals surface area contributed by atoms with Gasteiger partial charge in [-0.3, -0.25) is 14.3 Å². The Labute approximate surface area is 127 Å². The van der Waals surface area contributed by atoms with E-state index in [1.165, 1.54) is 30.3 Å². The fourth-order valence-electron chi connectivity index (χ4n) is 1.84. The fraction of sp³-hybridized carbons (Fsp3) is 0. The van der Waals surface area contributed by atoms with E-state index in [9.17, 15) is 18.0 Å². The quantitative estimate of drug-likeness (QED) is 0.747. The fourth-order valence-corrected chi connectivity index (χ4v) is 2.91. The van der Waals surface area contributed by atoms with Crippen molar-refractivity contribution in [3.8, 4) is 0 Å². The Morgan fingerprint density at radius 2 is 1.45 bits per heavy atom. The lowest BCUT2D eigenvalue weighted by atomic mass is 10.1. The molecule has 2 aromatic rings. The lowest BCUT2D eigenvalue weighted by Crippen LogP contribution is -2.21. The molecule has 114 valence electrons. The number of benzene rings is 2. The van der Waals surface area contributed by atoms with E-state index in [1.807, 2.05) is 0 Å². The number of nitrogens with one attached hydrogen (secondary N) is 1. The lowest BCUT2D eigenvalue weighted by Gasteiger charge is -2.10. The molecule has 0 saturated carbocycles. The molecule has 0 aliphatic carbocycles. The summed E-state index contributed by atoms with van der Waals surface area (Å²) in [6.07, 6.45) is 0. The first-order valence-corrected chi connectivity index (χ1v) is 7.61. The van der Waals surface area contributed by atoms with Gasteiger partial charge < -0.3 is 11.5 Å². The first-order valence-electron chi connectivity index (χ1n) is 6.13. The minimum absolute atomic E-state index is 0.0644. The summed E-state index contributed by atoms with van der Waals surface area (Å²) in [5, 5.41) is 0. The Morgan fingerprint density at radius 3 is 2.00 bits per heavy atom. The van der Waals surface area contributed by atoms with Crippen LogP contribution in [0.4, 0.5) is 5.69 Å². The van der Waals surface area contributed by atoms with Crippen molar-refractivity contribution in [3.63, 3.8) is 0 Å². The third-order valence-electron chi connectivity index (χ3n) is 2.86. The standard InChI is InChI=1S/C14H13N3O4S/c15-13(18)11-7-6-9(8-12(11)14(16)19)17-22(20,21)10-4-2-1-3-5-10/h1-8,17H,(H2,15,18)(H2,16,19). The van der Waals surface area contributed by atoms with Crippen LogP contribution < -0.4 is 16.2 Å². The summed E-state index contributed by atoms with van der Waals surface area (Å²) in [6.45, 7) is 0. The van der Waals surface area contributed by atoms with Gasteiger partial charge in [-0.05, 0) is 30.3 Å². The Morgan fingerprint density at radius 1 is 0.864 bits per heavy atom. The number of anilines is 1. The van der Waals surface area contributed by atoms with Crippen molar-refractivity contribution < 1.29 is 18.0 Å². The second-order valence-corrected chi connectivity index (χ2v) is 6.09. The largest absolute Gasteiger partial charge is 0.366 e. The van der Waals surface area contributed by atoms with E-state index in [0.29, 0.717) is 0 Å². The van der Waals surface area contributed by atoms with Crippen LogP contribution in [0.1, 0.15) is 20.7 Å². The van der Waals surface area contributed by atoms with Gasteiger partial charge in [0.05, 0.1) is 16.0 Å². The molecule has 8 heteroatoms. The van der Waals surface area contributed by atoms with Crippen LogP contribution in [0.15, 0.2) is 53.4 Å². The van der Waals surface area contributed by atoms with Gasteiger partial charge in [-0.15, -0.1) is 0 Å². The number of amides is 2. The summed E-state index contributed by atoms with van der Waals surface area (Å²) in [6, 6.07) is 11.4. The number of sulfonamides is 1. The molecule has 0 atom stereocenters. The molecule has 0 bridgehead atoms. The Hall–Kier alpha value is -2.87. The SMILES string of the molecule is NC(=O)c1ccc(NS(=O)(=O)c2ccccc2)cc1C(N)=O. The molecule has 0 saturated heterocycles. The van der Waals surface area contributed by atoms with Crippen LogP contribution in [0, 0.1) is 0 Å². The molecule has 7 nitrogen and oxygen atoms in total.